The first-order valence-corrected chi connectivity index (χ1v) is 12.2. The van der Waals surface area contributed by atoms with Crippen molar-refractivity contribution in [3.63, 3.8) is 0 Å². The number of nitrogens with one attached hydrogen (secondary N) is 2. The van der Waals surface area contributed by atoms with Crippen molar-refractivity contribution in [1.29, 1.82) is 0 Å². The number of carbonyl (C=O) groups is 1. The molecule has 8 heteroatoms. The zero-order valence-electron chi connectivity index (χ0n) is 20.7. The van der Waals surface area contributed by atoms with E-state index < -0.39 is 0 Å². The minimum atomic E-state index is -0.347. The number of esters is 1. The van der Waals surface area contributed by atoms with Gasteiger partial charge < -0.3 is 24.0 Å². The number of carbonyl (C=O) groups excluding carboxylic acids is 1. The molecule has 0 bridgehead atoms. The predicted molar refractivity (Wildman–Crippen MR) is 145 cm³/mol. The maximum absolute atomic E-state index is 12.1. The van der Waals surface area contributed by atoms with E-state index in [2.05, 4.69) is 33.2 Å². The van der Waals surface area contributed by atoms with Gasteiger partial charge in [-0.3, -0.25) is 0 Å². The second-order valence-electron chi connectivity index (χ2n) is 8.81. The Labute approximate surface area is 218 Å². The number of fused-ring (bicyclic) bond motifs is 1. The molecule has 0 radical (unpaired) electrons. The van der Waals surface area contributed by atoms with Crippen molar-refractivity contribution in [1.82, 2.24) is 24.5 Å². The summed E-state index contributed by atoms with van der Waals surface area (Å²) in [5.74, 6) is 0.382. The Kier molecular flexibility index (Phi) is 6.19. The fourth-order valence-corrected chi connectivity index (χ4v) is 4.65. The number of ether oxygens (including phenoxy) is 2. The fourth-order valence-electron chi connectivity index (χ4n) is 4.65. The molecular weight excluding hydrogens is 478 g/mol. The van der Waals surface area contributed by atoms with Gasteiger partial charge in [0.05, 0.1) is 55.0 Å². The van der Waals surface area contributed by atoms with Crippen LogP contribution in [0, 0.1) is 0 Å². The molecule has 0 aliphatic rings. The standard InChI is InChI=1S/C30H25N5O3/c1-37-30(36)23-7-3-2-6-20(23)11-13-38-28-9-5-4-8-24(28)27-17-35(19-34-27)22-14-21-10-12-32-29(21)25(15-22)26-16-31-18-33-26/h2-10,12,14-19,32H,11,13H2,1H3,(H,31,33). The van der Waals surface area contributed by atoms with Crippen molar-refractivity contribution < 1.29 is 14.3 Å². The van der Waals surface area contributed by atoms with Crippen LogP contribution >= 0.6 is 0 Å². The number of imidazole rings is 2. The van der Waals surface area contributed by atoms with E-state index >= 15 is 0 Å². The molecule has 0 spiro atoms. The van der Waals surface area contributed by atoms with E-state index in [0.29, 0.717) is 18.6 Å². The zero-order chi connectivity index (χ0) is 25.9. The van der Waals surface area contributed by atoms with Gasteiger partial charge in [0.15, 0.2) is 0 Å². The summed E-state index contributed by atoms with van der Waals surface area (Å²) in [7, 11) is 1.39. The van der Waals surface area contributed by atoms with Crippen LogP contribution in [0.5, 0.6) is 5.75 Å². The smallest absolute Gasteiger partial charge is 0.338 e. The van der Waals surface area contributed by atoms with Crippen molar-refractivity contribution in [2.75, 3.05) is 13.7 Å². The van der Waals surface area contributed by atoms with Crippen molar-refractivity contribution in [3.05, 3.63) is 109 Å². The van der Waals surface area contributed by atoms with Gasteiger partial charge in [-0.1, -0.05) is 30.3 Å². The van der Waals surface area contributed by atoms with Gasteiger partial charge in [0.25, 0.3) is 0 Å². The Morgan fingerprint density at radius 2 is 1.87 bits per heavy atom. The van der Waals surface area contributed by atoms with E-state index in [9.17, 15) is 4.79 Å². The average molecular weight is 504 g/mol. The molecule has 3 aromatic carbocycles. The number of hydrogen-bond donors (Lipinski definition) is 2. The van der Waals surface area contributed by atoms with Gasteiger partial charge in [-0.2, -0.15) is 0 Å². The van der Waals surface area contributed by atoms with E-state index in [4.69, 9.17) is 14.5 Å². The lowest BCUT2D eigenvalue weighted by atomic mass is 10.1. The minimum Gasteiger partial charge on any atom is -0.493 e. The van der Waals surface area contributed by atoms with Crippen molar-refractivity contribution >= 4 is 16.9 Å². The molecule has 0 aliphatic carbocycles. The first-order valence-electron chi connectivity index (χ1n) is 12.2. The third kappa shape index (κ3) is 4.43. The van der Waals surface area contributed by atoms with Crippen LogP contribution in [0.2, 0.25) is 0 Å². The molecule has 3 aromatic heterocycles. The first kappa shape index (κ1) is 23.3. The highest BCUT2D eigenvalue weighted by atomic mass is 16.5. The third-order valence-corrected chi connectivity index (χ3v) is 6.53. The zero-order valence-corrected chi connectivity index (χ0v) is 20.7. The van der Waals surface area contributed by atoms with E-state index in [1.54, 1.807) is 12.4 Å². The van der Waals surface area contributed by atoms with Crippen LogP contribution < -0.4 is 4.74 Å². The van der Waals surface area contributed by atoms with Gasteiger partial charge in [-0.05, 0) is 42.0 Å². The highest BCUT2D eigenvalue weighted by Crippen LogP contribution is 2.32. The second-order valence-corrected chi connectivity index (χ2v) is 8.81. The average Bonchev–Trinajstić information content (AvgIpc) is 3.74. The summed E-state index contributed by atoms with van der Waals surface area (Å²) in [5.41, 5.74) is 7.13. The molecule has 0 amide bonds. The van der Waals surface area contributed by atoms with Gasteiger partial charge in [0.1, 0.15) is 5.75 Å². The molecule has 3 heterocycles. The normalized spacial score (nSPS) is 11.1. The molecule has 0 fully saturated rings. The summed E-state index contributed by atoms with van der Waals surface area (Å²) < 4.78 is 13.1. The molecule has 0 unspecified atom stereocenters. The number of methoxy groups -OCH3 is 1. The van der Waals surface area contributed by atoms with Crippen molar-refractivity contribution in [2.24, 2.45) is 0 Å². The first-order chi connectivity index (χ1) is 18.7. The minimum absolute atomic E-state index is 0.347. The maximum Gasteiger partial charge on any atom is 0.338 e. The lowest BCUT2D eigenvalue weighted by Crippen LogP contribution is -2.09. The summed E-state index contributed by atoms with van der Waals surface area (Å²) in [6, 6.07) is 21.5. The maximum atomic E-state index is 12.1. The quantitative estimate of drug-likeness (QED) is 0.255. The van der Waals surface area contributed by atoms with Gasteiger partial charge in [0, 0.05) is 41.0 Å². The number of aromatic amines is 2. The number of nitrogens with zero attached hydrogens (tertiary/aromatic N) is 3. The summed E-state index contributed by atoms with van der Waals surface area (Å²) in [6.45, 7) is 0.406. The molecule has 6 aromatic rings. The summed E-state index contributed by atoms with van der Waals surface area (Å²) in [4.78, 5) is 27.5. The molecular formula is C30H25N5O3. The van der Waals surface area contributed by atoms with Gasteiger partial charge in [-0.25, -0.2) is 14.8 Å². The summed E-state index contributed by atoms with van der Waals surface area (Å²) in [6.07, 6.45) is 9.81. The van der Waals surface area contributed by atoms with Crippen LogP contribution in [-0.4, -0.2) is 44.2 Å². The highest BCUT2D eigenvalue weighted by molar-refractivity contribution is 5.95. The third-order valence-electron chi connectivity index (χ3n) is 6.53. The molecule has 0 atom stereocenters. The number of H-pyrrole nitrogens is 2. The Hall–Kier alpha value is -5.11. The Bertz CT molecular complexity index is 1720. The van der Waals surface area contributed by atoms with E-state index in [1.807, 2.05) is 71.9 Å². The monoisotopic (exact) mass is 503 g/mol. The molecule has 6 rings (SSSR count). The predicted octanol–water partition coefficient (Wildman–Crippen LogP) is 5.82. The molecule has 188 valence electrons. The van der Waals surface area contributed by atoms with Gasteiger partial charge >= 0.3 is 5.97 Å². The van der Waals surface area contributed by atoms with Crippen LogP contribution in [0.1, 0.15) is 15.9 Å². The van der Waals surface area contributed by atoms with Gasteiger partial charge in [-0.15, -0.1) is 0 Å². The number of hydrogen-bond acceptors (Lipinski definition) is 5. The SMILES string of the molecule is COC(=O)c1ccccc1CCOc1ccccc1-c1cn(-c2cc(-c3cnc[nH]3)c3[nH]ccc3c2)cn1. The largest absolute Gasteiger partial charge is 0.493 e. The Morgan fingerprint density at radius 3 is 2.74 bits per heavy atom. The molecule has 2 N–H and O–H groups in total. The fraction of sp³-hybridized carbons (Fsp3) is 0.100. The molecule has 38 heavy (non-hydrogen) atoms. The van der Waals surface area contributed by atoms with Crippen LogP contribution in [0.15, 0.2) is 98.0 Å². The molecule has 0 aliphatic heterocycles. The Balaban J connectivity index is 1.26. The van der Waals surface area contributed by atoms with Crippen LogP contribution in [0.4, 0.5) is 0 Å². The van der Waals surface area contributed by atoms with E-state index in [0.717, 1.165) is 50.4 Å². The molecule has 0 saturated heterocycles. The number of aromatic nitrogens is 5. The lowest BCUT2D eigenvalue weighted by molar-refractivity contribution is 0.0599. The van der Waals surface area contributed by atoms with E-state index in [1.165, 1.54) is 7.11 Å². The molecule has 8 nitrogen and oxygen atoms in total. The van der Waals surface area contributed by atoms with Gasteiger partial charge in [0.2, 0.25) is 0 Å². The molecule has 0 saturated carbocycles. The summed E-state index contributed by atoms with van der Waals surface area (Å²) >= 11 is 0. The van der Waals surface area contributed by atoms with Crippen molar-refractivity contribution in [2.45, 2.75) is 6.42 Å². The van der Waals surface area contributed by atoms with Crippen LogP contribution in [0.25, 0.3) is 39.1 Å². The number of rotatable bonds is 8. The lowest BCUT2D eigenvalue weighted by Gasteiger charge is -2.12. The topological polar surface area (TPSA) is 97.8 Å². The van der Waals surface area contributed by atoms with Crippen molar-refractivity contribution in [3.8, 4) is 34.0 Å². The Morgan fingerprint density at radius 1 is 1.00 bits per heavy atom. The second kappa shape index (κ2) is 10.1. The van der Waals surface area contributed by atoms with Crippen LogP contribution in [0.3, 0.4) is 0 Å². The number of benzene rings is 3. The highest BCUT2D eigenvalue weighted by Gasteiger charge is 2.14. The summed E-state index contributed by atoms with van der Waals surface area (Å²) in [5, 5.41) is 1.10. The van der Waals surface area contributed by atoms with E-state index in [-0.39, 0.29) is 5.97 Å². The van der Waals surface area contributed by atoms with Crippen LogP contribution in [-0.2, 0) is 11.2 Å². The number of para-hydroxylation sites is 1.